The molecule has 1 aromatic carbocycles. The largest absolute Gasteiger partial charge is 0.481 e. The van der Waals surface area contributed by atoms with Crippen LogP contribution >= 0.6 is 0 Å². The van der Waals surface area contributed by atoms with Crippen LogP contribution in [0.3, 0.4) is 0 Å². The molecule has 2 rings (SSSR count). The summed E-state index contributed by atoms with van der Waals surface area (Å²) in [5.74, 6) is -2.71. The number of nitrogens with one attached hydrogen (secondary N) is 1. The van der Waals surface area contributed by atoms with Crippen molar-refractivity contribution in [1.29, 1.82) is 0 Å². The molecule has 1 aromatic heterocycles. The van der Waals surface area contributed by atoms with E-state index in [-0.39, 0.29) is 0 Å². The fourth-order valence-corrected chi connectivity index (χ4v) is 1.79. The molecule has 0 aliphatic rings. The van der Waals surface area contributed by atoms with Gasteiger partial charge in [0.2, 0.25) is 5.91 Å². The number of para-hydroxylation sites is 1. The van der Waals surface area contributed by atoms with E-state index in [1.807, 2.05) is 35.9 Å². The summed E-state index contributed by atoms with van der Waals surface area (Å²) < 4.78 is 1.89. The summed E-state index contributed by atoms with van der Waals surface area (Å²) in [6, 6.07) is 7.61. The average molecular weight is 246 g/mol. The Kier molecular flexibility index (Phi) is 3.06. The summed E-state index contributed by atoms with van der Waals surface area (Å²) in [5, 5.41) is 12.3. The van der Waals surface area contributed by atoms with Gasteiger partial charge < -0.3 is 15.0 Å². The van der Waals surface area contributed by atoms with E-state index in [4.69, 9.17) is 5.11 Å². The third kappa shape index (κ3) is 2.07. The Morgan fingerprint density at radius 3 is 2.67 bits per heavy atom. The van der Waals surface area contributed by atoms with Crippen LogP contribution in [0.2, 0.25) is 0 Å². The number of carboxylic acid groups (broad SMARTS) is 1. The van der Waals surface area contributed by atoms with Crippen LogP contribution in [0.15, 0.2) is 30.5 Å². The molecule has 2 N–H and O–H groups in total. The number of carbonyl (C=O) groups is 2. The Labute approximate surface area is 104 Å². The predicted molar refractivity (Wildman–Crippen MR) is 68.3 cm³/mol. The zero-order chi connectivity index (χ0) is 13.3. The summed E-state index contributed by atoms with van der Waals surface area (Å²) in [6.07, 6.45) is 1.77. The van der Waals surface area contributed by atoms with Gasteiger partial charge >= 0.3 is 5.97 Å². The first-order chi connectivity index (χ1) is 8.50. The number of aromatic nitrogens is 1. The molecular formula is C13H14N2O3. The lowest BCUT2D eigenvalue weighted by atomic mass is 10.1. The second-order valence-electron chi connectivity index (χ2n) is 4.22. The second kappa shape index (κ2) is 4.52. The molecule has 5 nitrogen and oxygen atoms in total. The molecule has 0 spiro atoms. The SMILES string of the molecule is CC(C(=O)O)C(=O)Nc1cn(C)c2ccccc12. The van der Waals surface area contributed by atoms with Gasteiger partial charge in [-0.15, -0.1) is 0 Å². The van der Waals surface area contributed by atoms with E-state index >= 15 is 0 Å². The van der Waals surface area contributed by atoms with Crippen LogP contribution in [-0.4, -0.2) is 21.6 Å². The molecule has 0 saturated heterocycles. The van der Waals surface area contributed by atoms with Gasteiger partial charge in [0.05, 0.1) is 5.69 Å². The van der Waals surface area contributed by atoms with Crippen molar-refractivity contribution in [1.82, 2.24) is 4.57 Å². The van der Waals surface area contributed by atoms with Crippen molar-refractivity contribution in [2.24, 2.45) is 13.0 Å². The molecule has 1 atom stereocenters. The number of aliphatic carboxylic acids is 1. The fourth-order valence-electron chi connectivity index (χ4n) is 1.79. The molecule has 0 aliphatic heterocycles. The second-order valence-corrected chi connectivity index (χ2v) is 4.22. The standard InChI is InChI=1S/C13H14N2O3/c1-8(13(17)18)12(16)14-10-7-15(2)11-6-4-3-5-9(10)11/h3-8H,1-2H3,(H,14,16)(H,17,18). The van der Waals surface area contributed by atoms with Crippen molar-refractivity contribution in [3.63, 3.8) is 0 Å². The van der Waals surface area contributed by atoms with E-state index in [9.17, 15) is 9.59 Å². The Morgan fingerprint density at radius 2 is 2.00 bits per heavy atom. The van der Waals surface area contributed by atoms with E-state index in [0.29, 0.717) is 5.69 Å². The summed E-state index contributed by atoms with van der Waals surface area (Å²) in [5.41, 5.74) is 1.61. The van der Waals surface area contributed by atoms with Crippen LogP contribution in [0, 0.1) is 5.92 Å². The van der Waals surface area contributed by atoms with Gasteiger partial charge in [0, 0.05) is 24.1 Å². The smallest absolute Gasteiger partial charge is 0.315 e. The Bertz CT molecular complexity index is 616. The van der Waals surface area contributed by atoms with Crippen LogP contribution in [0.5, 0.6) is 0 Å². The van der Waals surface area contributed by atoms with Crippen molar-refractivity contribution in [2.45, 2.75) is 6.92 Å². The van der Waals surface area contributed by atoms with Crippen LogP contribution in [0.1, 0.15) is 6.92 Å². The minimum absolute atomic E-state index is 0.515. The maximum absolute atomic E-state index is 11.7. The third-order valence-electron chi connectivity index (χ3n) is 2.92. The highest BCUT2D eigenvalue weighted by atomic mass is 16.4. The molecule has 1 unspecified atom stereocenters. The number of carboxylic acids is 1. The fraction of sp³-hybridized carbons (Fsp3) is 0.231. The minimum Gasteiger partial charge on any atom is -0.481 e. The number of carbonyl (C=O) groups excluding carboxylic acids is 1. The van der Waals surface area contributed by atoms with Crippen LogP contribution in [-0.2, 0) is 16.6 Å². The highest BCUT2D eigenvalue weighted by Crippen LogP contribution is 2.25. The number of hydrogen-bond acceptors (Lipinski definition) is 2. The van der Waals surface area contributed by atoms with E-state index in [2.05, 4.69) is 5.32 Å². The number of aryl methyl sites for hydroxylation is 1. The molecule has 2 aromatic rings. The van der Waals surface area contributed by atoms with E-state index in [1.54, 1.807) is 6.20 Å². The van der Waals surface area contributed by atoms with E-state index < -0.39 is 17.8 Å². The van der Waals surface area contributed by atoms with Gasteiger partial charge in [0.1, 0.15) is 5.92 Å². The van der Waals surface area contributed by atoms with E-state index in [1.165, 1.54) is 6.92 Å². The molecule has 0 saturated carbocycles. The molecule has 1 amide bonds. The summed E-state index contributed by atoms with van der Waals surface area (Å²) in [7, 11) is 1.87. The number of benzene rings is 1. The Hall–Kier alpha value is -2.30. The Morgan fingerprint density at radius 1 is 1.33 bits per heavy atom. The first-order valence-electron chi connectivity index (χ1n) is 5.58. The van der Waals surface area contributed by atoms with Crippen molar-refractivity contribution in [2.75, 3.05) is 5.32 Å². The van der Waals surface area contributed by atoms with Gasteiger partial charge in [-0.05, 0) is 13.0 Å². The number of amides is 1. The molecule has 18 heavy (non-hydrogen) atoms. The third-order valence-corrected chi connectivity index (χ3v) is 2.92. The molecular weight excluding hydrogens is 232 g/mol. The summed E-state index contributed by atoms with van der Waals surface area (Å²) >= 11 is 0. The van der Waals surface area contributed by atoms with Crippen molar-refractivity contribution < 1.29 is 14.7 Å². The van der Waals surface area contributed by atoms with Crippen molar-refractivity contribution in [3.8, 4) is 0 Å². The van der Waals surface area contributed by atoms with Gasteiger partial charge in [-0.25, -0.2) is 0 Å². The molecule has 0 bridgehead atoms. The van der Waals surface area contributed by atoms with Gasteiger partial charge in [-0.2, -0.15) is 0 Å². The van der Waals surface area contributed by atoms with Crippen LogP contribution < -0.4 is 5.32 Å². The molecule has 94 valence electrons. The maximum atomic E-state index is 11.7. The molecule has 0 aliphatic carbocycles. The van der Waals surface area contributed by atoms with Crippen LogP contribution in [0.4, 0.5) is 5.69 Å². The summed E-state index contributed by atoms with van der Waals surface area (Å²) in [4.78, 5) is 22.4. The van der Waals surface area contributed by atoms with Gasteiger partial charge in [0.15, 0.2) is 0 Å². The number of anilines is 1. The monoisotopic (exact) mass is 246 g/mol. The number of nitrogens with zero attached hydrogens (tertiary/aromatic N) is 1. The van der Waals surface area contributed by atoms with Gasteiger partial charge in [-0.3, -0.25) is 9.59 Å². The van der Waals surface area contributed by atoms with Crippen molar-refractivity contribution >= 4 is 28.5 Å². The minimum atomic E-state index is -1.13. The van der Waals surface area contributed by atoms with E-state index in [0.717, 1.165) is 10.9 Å². The van der Waals surface area contributed by atoms with Gasteiger partial charge in [0.25, 0.3) is 0 Å². The highest BCUT2D eigenvalue weighted by Gasteiger charge is 2.21. The quantitative estimate of drug-likeness (QED) is 0.812. The number of fused-ring (bicyclic) bond motifs is 1. The first kappa shape index (κ1) is 12.2. The zero-order valence-corrected chi connectivity index (χ0v) is 10.2. The lowest BCUT2D eigenvalue weighted by Crippen LogP contribution is -2.26. The van der Waals surface area contributed by atoms with Crippen molar-refractivity contribution in [3.05, 3.63) is 30.5 Å². The zero-order valence-electron chi connectivity index (χ0n) is 10.2. The normalized spacial score (nSPS) is 12.3. The predicted octanol–water partition coefficient (Wildman–Crippen LogP) is 1.84. The van der Waals surface area contributed by atoms with Gasteiger partial charge in [-0.1, -0.05) is 18.2 Å². The Balaban J connectivity index is 2.33. The molecule has 0 fully saturated rings. The lowest BCUT2D eigenvalue weighted by Gasteiger charge is -2.06. The molecule has 5 heteroatoms. The highest BCUT2D eigenvalue weighted by molar-refractivity contribution is 6.08. The topological polar surface area (TPSA) is 71.3 Å². The molecule has 0 radical (unpaired) electrons. The average Bonchev–Trinajstić information content (AvgIpc) is 2.66. The number of hydrogen-bond donors (Lipinski definition) is 2. The van der Waals surface area contributed by atoms with Crippen LogP contribution in [0.25, 0.3) is 10.9 Å². The summed E-state index contributed by atoms with van der Waals surface area (Å²) in [6.45, 7) is 1.36. The molecule has 1 heterocycles. The number of rotatable bonds is 3. The lowest BCUT2D eigenvalue weighted by molar-refractivity contribution is -0.144. The maximum Gasteiger partial charge on any atom is 0.315 e. The first-order valence-corrected chi connectivity index (χ1v) is 5.58.